The van der Waals surface area contributed by atoms with E-state index in [2.05, 4.69) is 12.2 Å². The number of benzene rings is 1. The fourth-order valence-corrected chi connectivity index (χ4v) is 8.18. The molecule has 0 saturated heterocycles. The van der Waals surface area contributed by atoms with Crippen LogP contribution in [0.3, 0.4) is 0 Å². The van der Waals surface area contributed by atoms with Gasteiger partial charge in [0.1, 0.15) is 5.76 Å². The highest BCUT2D eigenvalue weighted by Gasteiger charge is 2.76. The monoisotopic (exact) mass is 730 g/mol. The third-order valence-electron chi connectivity index (χ3n) is 11.0. The summed E-state index contributed by atoms with van der Waals surface area (Å²) in [5, 5.41) is 0. The van der Waals surface area contributed by atoms with Gasteiger partial charge in [0.25, 0.3) is 0 Å². The minimum atomic E-state index is -1.94. The van der Waals surface area contributed by atoms with Crippen LogP contribution in [0.15, 0.2) is 70.1 Å². The third kappa shape index (κ3) is 8.17. The average Bonchev–Trinajstić information content (AvgIpc) is 3.09. The minimum absolute atomic E-state index is 0.0464. The second-order valence-electron chi connectivity index (χ2n) is 16.2. The number of carbonyl (C=O) groups is 4. The SMILES string of the molecule is COc1cc(C(=O)OC2=C(CC=C(C)C)C(=O)C3(CC=C(C)C)CC(CC=C(C)C)C(C)(CCC=C(C)C)C2(C(=O)C(C)C)C3=O)cc(OC)c1OC. The van der Waals surface area contributed by atoms with Gasteiger partial charge in [0, 0.05) is 11.5 Å². The van der Waals surface area contributed by atoms with Crippen LogP contribution in [0.2, 0.25) is 0 Å². The number of fused-ring (bicyclic) bond motifs is 2. The van der Waals surface area contributed by atoms with Gasteiger partial charge in [-0.15, -0.1) is 0 Å². The molecule has 1 fully saturated rings. The van der Waals surface area contributed by atoms with E-state index in [1.807, 2.05) is 74.5 Å². The molecular formula is C45H62O8. The highest BCUT2D eigenvalue weighted by Crippen LogP contribution is 2.68. The van der Waals surface area contributed by atoms with Crippen molar-refractivity contribution in [2.45, 2.75) is 115 Å². The Morgan fingerprint density at radius 1 is 0.811 bits per heavy atom. The number of allylic oxidation sites excluding steroid dienone is 10. The maximum atomic E-state index is 15.9. The van der Waals surface area contributed by atoms with Gasteiger partial charge in [-0.05, 0) is 117 Å². The first kappa shape index (κ1) is 43.2. The van der Waals surface area contributed by atoms with E-state index in [1.54, 1.807) is 13.8 Å². The predicted octanol–water partition coefficient (Wildman–Crippen LogP) is 10.3. The van der Waals surface area contributed by atoms with Crippen LogP contribution in [0.5, 0.6) is 17.2 Å². The molecule has 1 aromatic carbocycles. The molecular weight excluding hydrogens is 668 g/mol. The molecule has 53 heavy (non-hydrogen) atoms. The van der Waals surface area contributed by atoms with E-state index in [4.69, 9.17) is 18.9 Å². The van der Waals surface area contributed by atoms with Gasteiger partial charge in [0.15, 0.2) is 34.3 Å². The summed E-state index contributed by atoms with van der Waals surface area (Å²) in [6.45, 7) is 21.4. The minimum Gasteiger partial charge on any atom is -0.493 e. The second kappa shape index (κ2) is 17.3. The van der Waals surface area contributed by atoms with Crippen molar-refractivity contribution >= 4 is 23.3 Å². The summed E-state index contributed by atoms with van der Waals surface area (Å²) in [4.78, 5) is 61.2. The van der Waals surface area contributed by atoms with Crippen molar-refractivity contribution in [2.24, 2.45) is 28.1 Å². The van der Waals surface area contributed by atoms with Gasteiger partial charge < -0.3 is 18.9 Å². The molecule has 8 heteroatoms. The van der Waals surface area contributed by atoms with E-state index in [1.165, 1.54) is 33.5 Å². The van der Waals surface area contributed by atoms with Crippen LogP contribution in [-0.2, 0) is 19.1 Å². The normalized spacial score (nSPS) is 23.6. The van der Waals surface area contributed by atoms with E-state index < -0.39 is 33.9 Å². The summed E-state index contributed by atoms with van der Waals surface area (Å²) in [5.41, 5.74) is -0.148. The number of hydrogen-bond donors (Lipinski definition) is 0. The highest BCUT2D eigenvalue weighted by atomic mass is 16.5. The maximum Gasteiger partial charge on any atom is 0.343 e. The molecule has 0 N–H and O–H groups in total. The summed E-state index contributed by atoms with van der Waals surface area (Å²) in [7, 11) is 4.35. The van der Waals surface area contributed by atoms with Crippen molar-refractivity contribution < 1.29 is 38.1 Å². The topological polar surface area (TPSA) is 105 Å². The molecule has 0 aliphatic heterocycles. The zero-order chi connectivity index (χ0) is 40.1. The predicted molar refractivity (Wildman–Crippen MR) is 210 cm³/mol. The number of ether oxygens (including phenoxy) is 4. The van der Waals surface area contributed by atoms with Crippen molar-refractivity contribution in [2.75, 3.05) is 21.3 Å². The van der Waals surface area contributed by atoms with Crippen molar-refractivity contribution in [3.8, 4) is 17.2 Å². The average molecular weight is 731 g/mol. The largest absolute Gasteiger partial charge is 0.493 e. The molecule has 4 atom stereocenters. The lowest BCUT2D eigenvalue weighted by molar-refractivity contribution is -0.178. The second-order valence-corrected chi connectivity index (χ2v) is 16.2. The van der Waals surface area contributed by atoms with Gasteiger partial charge >= 0.3 is 5.97 Å². The number of esters is 1. The molecule has 2 aliphatic carbocycles. The first-order chi connectivity index (χ1) is 24.8. The van der Waals surface area contributed by atoms with Crippen LogP contribution < -0.4 is 14.2 Å². The molecule has 290 valence electrons. The fraction of sp³-hybridized carbons (Fsp3) is 0.556. The van der Waals surface area contributed by atoms with Gasteiger partial charge in [-0.1, -0.05) is 67.4 Å². The quantitative estimate of drug-likeness (QED) is 0.0940. The van der Waals surface area contributed by atoms with Crippen LogP contribution in [0.25, 0.3) is 0 Å². The van der Waals surface area contributed by atoms with E-state index in [-0.39, 0.29) is 70.9 Å². The smallest absolute Gasteiger partial charge is 0.343 e. The number of methoxy groups -OCH3 is 3. The first-order valence-electron chi connectivity index (χ1n) is 18.7. The van der Waals surface area contributed by atoms with Gasteiger partial charge in [0.05, 0.1) is 32.3 Å². The Hall–Kier alpha value is -4.20. The Kier molecular flexibility index (Phi) is 14.1. The zero-order valence-electron chi connectivity index (χ0n) is 34.6. The van der Waals surface area contributed by atoms with Gasteiger partial charge in [-0.3, -0.25) is 14.4 Å². The Morgan fingerprint density at radius 2 is 1.36 bits per heavy atom. The molecule has 1 saturated carbocycles. The van der Waals surface area contributed by atoms with Crippen molar-refractivity contribution in [3.05, 3.63) is 75.6 Å². The number of carbonyl (C=O) groups excluding carboxylic acids is 4. The number of ketones is 3. The van der Waals surface area contributed by atoms with E-state index in [0.29, 0.717) is 19.3 Å². The molecule has 3 rings (SSSR count). The third-order valence-corrected chi connectivity index (χ3v) is 11.0. The number of hydrogen-bond acceptors (Lipinski definition) is 8. The Bertz CT molecular complexity index is 1730. The summed E-state index contributed by atoms with van der Waals surface area (Å²) in [5.74, 6) is -2.34. The van der Waals surface area contributed by atoms with Crippen molar-refractivity contribution in [1.82, 2.24) is 0 Å². The fourth-order valence-electron chi connectivity index (χ4n) is 8.18. The lowest BCUT2D eigenvalue weighted by atomic mass is 9.38. The Labute approximate surface area is 317 Å². The summed E-state index contributed by atoms with van der Waals surface area (Å²) in [6, 6.07) is 2.93. The molecule has 0 radical (unpaired) electrons. The Morgan fingerprint density at radius 3 is 1.83 bits per heavy atom. The van der Waals surface area contributed by atoms with Crippen LogP contribution in [0.4, 0.5) is 0 Å². The van der Waals surface area contributed by atoms with Gasteiger partial charge in [0.2, 0.25) is 5.75 Å². The molecule has 0 aromatic heterocycles. The molecule has 8 nitrogen and oxygen atoms in total. The summed E-state index contributed by atoms with van der Waals surface area (Å²) >= 11 is 0. The van der Waals surface area contributed by atoms with E-state index >= 15 is 14.4 Å². The van der Waals surface area contributed by atoms with Crippen molar-refractivity contribution in [1.29, 1.82) is 0 Å². The Balaban J connectivity index is 2.63. The maximum absolute atomic E-state index is 15.9. The molecule has 0 amide bonds. The van der Waals surface area contributed by atoms with E-state index in [9.17, 15) is 4.79 Å². The summed E-state index contributed by atoms with van der Waals surface area (Å²) < 4.78 is 23.1. The van der Waals surface area contributed by atoms with E-state index in [0.717, 1.165) is 22.3 Å². The molecule has 0 heterocycles. The molecule has 4 unspecified atom stereocenters. The molecule has 2 bridgehead atoms. The zero-order valence-corrected chi connectivity index (χ0v) is 34.6. The lowest BCUT2D eigenvalue weighted by Crippen LogP contribution is -2.70. The first-order valence-corrected chi connectivity index (χ1v) is 18.7. The van der Waals surface area contributed by atoms with Crippen molar-refractivity contribution in [3.63, 3.8) is 0 Å². The lowest BCUT2D eigenvalue weighted by Gasteiger charge is -2.61. The highest BCUT2D eigenvalue weighted by molar-refractivity contribution is 6.28. The van der Waals surface area contributed by atoms with Crippen LogP contribution in [0.1, 0.15) is 125 Å². The van der Waals surface area contributed by atoms with Gasteiger partial charge in [-0.2, -0.15) is 0 Å². The number of rotatable bonds is 16. The molecule has 2 aliphatic rings. The van der Waals surface area contributed by atoms with Crippen LogP contribution >= 0.6 is 0 Å². The van der Waals surface area contributed by atoms with Crippen LogP contribution in [0, 0.1) is 28.1 Å². The number of Topliss-reactive ketones (excluding diaryl/α,β-unsaturated/α-hetero) is 3. The standard InChI is InChI=1S/C45H62O8/c1-27(2)16-15-22-43(11)33(19-17-28(3)4)26-44(23-21-30(7)8)39(47)34(20-18-29(5)6)40(45(43,42(44)49)38(46)31(9)10)53-41(48)32-24-35(50-12)37(52-14)36(25-32)51-13/h16-18,21,24-25,31,33H,15,19-20,22-23,26H2,1-14H3. The van der Waals surface area contributed by atoms with Crippen LogP contribution in [-0.4, -0.2) is 44.6 Å². The molecule has 1 aromatic rings. The van der Waals surface area contributed by atoms with Gasteiger partial charge in [-0.25, -0.2) is 4.79 Å². The molecule has 0 spiro atoms. The summed E-state index contributed by atoms with van der Waals surface area (Å²) in [6.07, 6.45) is 10.2.